The largest absolute Gasteiger partial charge is 0.396 e. The van der Waals surface area contributed by atoms with E-state index in [1.807, 2.05) is 12.3 Å². The van der Waals surface area contributed by atoms with Crippen LogP contribution in [0, 0.1) is 6.92 Å². The molecule has 1 aromatic heterocycles. The number of anilines is 1. The van der Waals surface area contributed by atoms with Crippen LogP contribution in [0.3, 0.4) is 0 Å². The molecule has 16 heavy (non-hydrogen) atoms. The van der Waals surface area contributed by atoms with Gasteiger partial charge in [0.1, 0.15) is 5.82 Å². The fourth-order valence-electron chi connectivity index (χ4n) is 1.44. The maximum Gasteiger partial charge on any atom is 0.126 e. The molecule has 0 radical (unpaired) electrons. The van der Waals surface area contributed by atoms with Crippen molar-refractivity contribution in [2.75, 3.05) is 18.5 Å². The lowest BCUT2D eigenvalue weighted by Gasteiger charge is -2.06. The molecule has 0 amide bonds. The second-order valence-electron chi connectivity index (χ2n) is 3.88. The average Bonchev–Trinajstić information content (AvgIpc) is 2.28. The minimum atomic E-state index is 0.306. The Morgan fingerprint density at radius 1 is 1.31 bits per heavy atom. The Balaban J connectivity index is 2.19. The predicted molar refractivity (Wildman–Crippen MR) is 70.7 cm³/mol. The molecule has 90 valence electrons. The van der Waals surface area contributed by atoms with Gasteiger partial charge in [-0.3, -0.25) is 0 Å². The molecule has 0 aliphatic heterocycles. The van der Waals surface area contributed by atoms with Gasteiger partial charge in [0.25, 0.3) is 0 Å². The third kappa shape index (κ3) is 4.94. The highest BCUT2D eigenvalue weighted by Gasteiger charge is 1.97. The van der Waals surface area contributed by atoms with Crippen molar-refractivity contribution in [3.05, 3.63) is 22.3 Å². The molecule has 0 aliphatic rings. The monoisotopic (exact) mass is 286 g/mol. The van der Waals surface area contributed by atoms with Crippen molar-refractivity contribution in [3.63, 3.8) is 0 Å². The molecule has 2 N–H and O–H groups in total. The van der Waals surface area contributed by atoms with Gasteiger partial charge in [0, 0.05) is 23.8 Å². The summed E-state index contributed by atoms with van der Waals surface area (Å²) in [4.78, 5) is 4.28. The highest BCUT2D eigenvalue weighted by molar-refractivity contribution is 9.10. The molecule has 0 spiro atoms. The van der Waals surface area contributed by atoms with E-state index >= 15 is 0 Å². The molecule has 0 saturated heterocycles. The number of nitrogens with zero attached hydrogens (tertiary/aromatic N) is 1. The Morgan fingerprint density at radius 2 is 2.06 bits per heavy atom. The molecule has 1 rings (SSSR count). The molecule has 0 unspecified atom stereocenters. The molecular formula is C12H19BrN2O. The molecule has 0 saturated carbocycles. The maximum absolute atomic E-state index is 8.63. The number of halogens is 1. The van der Waals surface area contributed by atoms with Crippen LogP contribution in [0.5, 0.6) is 0 Å². The first-order chi connectivity index (χ1) is 7.74. The van der Waals surface area contributed by atoms with E-state index in [2.05, 4.69) is 33.2 Å². The van der Waals surface area contributed by atoms with E-state index in [-0.39, 0.29) is 0 Å². The number of rotatable bonds is 7. The molecule has 1 heterocycles. The van der Waals surface area contributed by atoms with Crippen molar-refractivity contribution in [1.82, 2.24) is 4.98 Å². The first-order valence-corrected chi connectivity index (χ1v) is 6.50. The maximum atomic E-state index is 8.63. The van der Waals surface area contributed by atoms with Crippen molar-refractivity contribution >= 4 is 21.7 Å². The topological polar surface area (TPSA) is 45.1 Å². The summed E-state index contributed by atoms with van der Waals surface area (Å²) < 4.78 is 1.04. The number of aliphatic hydroxyl groups excluding tert-OH is 1. The van der Waals surface area contributed by atoms with Gasteiger partial charge in [-0.15, -0.1) is 0 Å². The second kappa shape index (κ2) is 7.63. The Morgan fingerprint density at radius 3 is 2.75 bits per heavy atom. The van der Waals surface area contributed by atoms with E-state index in [1.54, 1.807) is 0 Å². The van der Waals surface area contributed by atoms with E-state index in [1.165, 1.54) is 5.56 Å². The SMILES string of the molecule is Cc1cc(NCCCCCCO)ncc1Br. The second-order valence-corrected chi connectivity index (χ2v) is 4.74. The van der Waals surface area contributed by atoms with Gasteiger partial charge in [-0.1, -0.05) is 12.8 Å². The van der Waals surface area contributed by atoms with Gasteiger partial charge in [0.2, 0.25) is 0 Å². The number of aliphatic hydroxyl groups is 1. The van der Waals surface area contributed by atoms with Gasteiger partial charge in [-0.05, 0) is 47.3 Å². The number of aromatic nitrogens is 1. The number of unbranched alkanes of at least 4 members (excludes halogenated alkanes) is 3. The van der Waals surface area contributed by atoms with Crippen LogP contribution in [0.4, 0.5) is 5.82 Å². The Hall–Kier alpha value is -0.610. The van der Waals surface area contributed by atoms with E-state index < -0.39 is 0 Å². The quantitative estimate of drug-likeness (QED) is 0.757. The summed E-state index contributed by atoms with van der Waals surface area (Å²) >= 11 is 3.43. The van der Waals surface area contributed by atoms with E-state index in [9.17, 15) is 0 Å². The minimum Gasteiger partial charge on any atom is -0.396 e. The lowest BCUT2D eigenvalue weighted by atomic mass is 10.2. The molecule has 0 atom stereocenters. The van der Waals surface area contributed by atoms with Crippen LogP contribution in [0.15, 0.2) is 16.7 Å². The van der Waals surface area contributed by atoms with Crippen LogP contribution in [-0.2, 0) is 0 Å². The minimum absolute atomic E-state index is 0.306. The summed E-state index contributed by atoms with van der Waals surface area (Å²) in [6.45, 7) is 3.30. The summed E-state index contributed by atoms with van der Waals surface area (Å²) in [5, 5.41) is 11.9. The summed E-state index contributed by atoms with van der Waals surface area (Å²) in [5.41, 5.74) is 1.19. The zero-order chi connectivity index (χ0) is 11.8. The molecule has 0 aromatic carbocycles. The van der Waals surface area contributed by atoms with E-state index in [0.717, 1.165) is 42.5 Å². The van der Waals surface area contributed by atoms with Crippen molar-refractivity contribution in [2.45, 2.75) is 32.6 Å². The lowest BCUT2D eigenvalue weighted by Crippen LogP contribution is -2.03. The molecule has 4 heteroatoms. The van der Waals surface area contributed by atoms with Gasteiger partial charge in [0.05, 0.1) is 0 Å². The van der Waals surface area contributed by atoms with Gasteiger partial charge in [0.15, 0.2) is 0 Å². The molecule has 0 bridgehead atoms. The van der Waals surface area contributed by atoms with Gasteiger partial charge in [-0.25, -0.2) is 4.98 Å². The number of hydrogen-bond acceptors (Lipinski definition) is 3. The van der Waals surface area contributed by atoms with Crippen molar-refractivity contribution < 1.29 is 5.11 Å². The van der Waals surface area contributed by atoms with Gasteiger partial charge >= 0.3 is 0 Å². The van der Waals surface area contributed by atoms with Crippen molar-refractivity contribution in [1.29, 1.82) is 0 Å². The average molecular weight is 287 g/mol. The van der Waals surface area contributed by atoms with Gasteiger partial charge < -0.3 is 10.4 Å². The molecule has 0 aliphatic carbocycles. The molecular weight excluding hydrogens is 268 g/mol. The lowest BCUT2D eigenvalue weighted by molar-refractivity contribution is 0.283. The van der Waals surface area contributed by atoms with Crippen molar-refractivity contribution in [2.24, 2.45) is 0 Å². The highest BCUT2D eigenvalue weighted by Crippen LogP contribution is 2.17. The Kier molecular flexibility index (Phi) is 6.42. The van der Waals surface area contributed by atoms with Crippen LogP contribution in [0.2, 0.25) is 0 Å². The van der Waals surface area contributed by atoms with Crippen LogP contribution >= 0.6 is 15.9 Å². The van der Waals surface area contributed by atoms with Crippen LogP contribution in [-0.4, -0.2) is 23.2 Å². The third-order valence-electron chi connectivity index (χ3n) is 2.44. The Bertz CT molecular complexity index is 318. The smallest absolute Gasteiger partial charge is 0.126 e. The number of pyridine rings is 1. The summed E-state index contributed by atoms with van der Waals surface area (Å²) in [6.07, 6.45) is 6.11. The molecule has 0 fully saturated rings. The predicted octanol–water partition coefficient (Wildman–Crippen LogP) is 3.12. The van der Waals surface area contributed by atoms with Crippen LogP contribution in [0.25, 0.3) is 0 Å². The summed E-state index contributed by atoms with van der Waals surface area (Å²) in [7, 11) is 0. The Labute approximate surface area is 105 Å². The highest BCUT2D eigenvalue weighted by atomic mass is 79.9. The zero-order valence-corrected chi connectivity index (χ0v) is 11.3. The normalized spacial score (nSPS) is 10.4. The third-order valence-corrected chi connectivity index (χ3v) is 3.27. The fourth-order valence-corrected chi connectivity index (χ4v) is 1.66. The first kappa shape index (κ1) is 13.5. The standard InChI is InChI=1S/C12H19BrN2O/c1-10-8-12(15-9-11(10)13)14-6-4-2-3-5-7-16/h8-9,16H,2-7H2,1H3,(H,14,15). The first-order valence-electron chi connectivity index (χ1n) is 5.71. The molecule has 1 aromatic rings. The van der Waals surface area contributed by atoms with Crippen LogP contribution in [0.1, 0.15) is 31.2 Å². The van der Waals surface area contributed by atoms with Gasteiger partial charge in [-0.2, -0.15) is 0 Å². The molecule has 3 nitrogen and oxygen atoms in total. The number of nitrogens with one attached hydrogen (secondary N) is 1. The number of aryl methyl sites for hydroxylation is 1. The zero-order valence-electron chi connectivity index (χ0n) is 9.67. The number of hydrogen-bond donors (Lipinski definition) is 2. The van der Waals surface area contributed by atoms with Crippen LogP contribution < -0.4 is 5.32 Å². The van der Waals surface area contributed by atoms with E-state index in [4.69, 9.17) is 5.11 Å². The summed E-state index contributed by atoms with van der Waals surface area (Å²) in [5.74, 6) is 0.933. The summed E-state index contributed by atoms with van der Waals surface area (Å²) in [6, 6.07) is 2.04. The van der Waals surface area contributed by atoms with Crippen molar-refractivity contribution in [3.8, 4) is 0 Å². The fraction of sp³-hybridized carbons (Fsp3) is 0.583. The van der Waals surface area contributed by atoms with E-state index in [0.29, 0.717) is 6.61 Å².